The highest BCUT2D eigenvalue weighted by Crippen LogP contribution is 2.38. The molecule has 5 nitrogen and oxygen atoms in total. The fraction of sp³-hybridized carbons (Fsp3) is 0.500. The fourth-order valence-electron chi connectivity index (χ4n) is 2.82. The largest absolute Gasteiger partial charge is 0.366 e. The van der Waals surface area contributed by atoms with E-state index in [1.165, 1.54) is 25.7 Å². The Labute approximate surface area is 99.6 Å². The van der Waals surface area contributed by atoms with Crippen LogP contribution in [0.5, 0.6) is 0 Å². The van der Waals surface area contributed by atoms with E-state index in [4.69, 9.17) is 0 Å². The molecule has 1 fully saturated rings. The van der Waals surface area contributed by atoms with Gasteiger partial charge < -0.3 is 10.2 Å². The SMILES string of the molecule is O=[N+]([O-])c1ccc2c(c1)N(C1CCCC1)CN2. The number of hydrogen-bond donors (Lipinski definition) is 1. The molecule has 1 N–H and O–H groups in total. The van der Waals surface area contributed by atoms with E-state index in [9.17, 15) is 10.1 Å². The molecular formula is C12H15N3O2. The smallest absolute Gasteiger partial charge is 0.271 e. The van der Waals surface area contributed by atoms with Crippen molar-refractivity contribution in [3.05, 3.63) is 28.3 Å². The summed E-state index contributed by atoms with van der Waals surface area (Å²) in [5, 5.41) is 14.1. The van der Waals surface area contributed by atoms with Crippen molar-refractivity contribution in [3.8, 4) is 0 Å². The monoisotopic (exact) mass is 233 g/mol. The minimum Gasteiger partial charge on any atom is -0.366 e. The predicted molar refractivity (Wildman–Crippen MR) is 66.3 cm³/mol. The molecule has 1 aromatic rings. The Kier molecular flexibility index (Phi) is 2.39. The first-order valence-electron chi connectivity index (χ1n) is 6.04. The number of rotatable bonds is 2. The lowest BCUT2D eigenvalue weighted by Crippen LogP contribution is -2.32. The Morgan fingerprint density at radius 3 is 2.82 bits per heavy atom. The highest BCUT2D eigenvalue weighted by molar-refractivity contribution is 5.77. The van der Waals surface area contributed by atoms with E-state index in [0.717, 1.165) is 18.0 Å². The normalized spacial score (nSPS) is 19.2. The van der Waals surface area contributed by atoms with Crippen LogP contribution in [0.25, 0.3) is 0 Å². The molecule has 1 aliphatic heterocycles. The molecule has 0 radical (unpaired) electrons. The third-order valence-electron chi connectivity index (χ3n) is 3.71. The molecule has 2 aliphatic rings. The molecule has 1 heterocycles. The van der Waals surface area contributed by atoms with Crippen LogP contribution >= 0.6 is 0 Å². The highest BCUT2D eigenvalue weighted by Gasteiger charge is 2.29. The molecule has 0 aromatic heterocycles. The maximum absolute atomic E-state index is 10.8. The number of nitrogens with zero attached hydrogens (tertiary/aromatic N) is 2. The lowest BCUT2D eigenvalue weighted by atomic mass is 10.2. The first-order valence-corrected chi connectivity index (χ1v) is 6.04. The standard InChI is InChI=1S/C12H15N3O2/c16-15(17)10-5-6-11-12(7-10)14(8-13-11)9-3-1-2-4-9/h5-7,9,13H,1-4,8H2. The maximum Gasteiger partial charge on any atom is 0.271 e. The molecule has 0 spiro atoms. The molecule has 0 bridgehead atoms. The quantitative estimate of drug-likeness (QED) is 0.630. The van der Waals surface area contributed by atoms with Gasteiger partial charge in [0.15, 0.2) is 0 Å². The van der Waals surface area contributed by atoms with E-state index in [2.05, 4.69) is 10.2 Å². The van der Waals surface area contributed by atoms with Crippen LogP contribution in [0.3, 0.4) is 0 Å². The molecule has 1 aliphatic carbocycles. The molecule has 0 atom stereocenters. The van der Waals surface area contributed by atoms with Crippen molar-refractivity contribution < 1.29 is 4.92 Å². The van der Waals surface area contributed by atoms with E-state index in [1.54, 1.807) is 12.1 Å². The Morgan fingerprint density at radius 2 is 2.12 bits per heavy atom. The summed E-state index contributed by atoms with van der Waals surface area (Å²) in [5.41, 5.74) is 2.18. The van der Waals surface area contributed by atoms with Crippen LogP contribution in [-0.2, 0) is 0 Å². The zero-order valence-electron chi connectivity index (χ0n) is 9.56. The van der Waals surface area contributed by atoms with E-state index in [0.29, 0.717) is 6.04 Å². The number of benzene rings is 1. The van der Waals surface area contributed by atoms with Gasteiger partial charge >= 0.3 is 0 Å². The van der Waals surface area contributed by atoms with Gasteiger partial charge in [-0.1, -0.05) is 12.8 Å². The van der Waals surface area contributed by atoms with Gasteiger partial charge in [-0.25, -0.2) is 0 Å². The number of nitro groups is 1. The van der Waals surface area contributed by atoms with Crippen LogP contribution in [-0.4, -0.2) is 17.6 Å². The number of non-ortho nitro benzene ring substituents is 1. The topological polar surface area (TPSA) is 58.4 Å². The second-order valence-corrected chi connectivity index (χ2v) is 4.70. The van der Waals surface area contributed by atoms with Crippen molar-refractivity contribution in [1.82, 2.24) is 0 Å². The number of nitrogens with one attached hydrogen (secondary N) is 1. The molecular weight excluding hydrogens is 218 g/mol. The lowest BCUT2D eigenvalue weighted by molar-refractivity contribution is -0.384. The van der Waals surface area contributed by atoms with Crippen molar-refractivity contribution in [3.63, 3.8) is 0 Å². The summed E-state index contributed by atoms with van der Waals surface area (Å²) in [6.45, 7) is 0.779. The summed E-state index contributed by atoms with van der Waals surface area (Å²) in [6.07, 6.45) is 4.93. The van der Waals surface area contributed by atoms with E-state index < -0.39 is 0 Å². The average molecular weight is 233 g/mol. The Bertz CT molecular complexity index is 455. The molecule has 1 aromatic carbocycles. The van der Waals surface area contributed by atoms with Crippen molar-refractivity contribution in [2.75, 3.05) is 16.9 Å². The second-order valence-electron chi connectivity index (χ2n) is 4.70. The summed E-state index contributed by atoms with van der Waals surface area (Å²) in [5.74, 6) is 0. The average Bonchev–Trinajstić information content (AvgIpc) is 2.96. The van der Waals surface area contributed by atoms with E-state index >= 15 is 0 Å². The van der Waals surface area contributed by atoms with E-state index in [-0.39, 0.29) is 10.6 Å². The summed E-state index contributed by atoms with van der Waals surface area (Å²) in [4.78, 5) is 12.7. The molecule has 0 saturated heterocycles. The summed E-state index contributed by atoms with van der Waals surface area (Å²) in [6, 6.07) is 5.60. The zero-order valence-corrected chi connectivity index (χ0v) is 9.56. The van der Waals surface area contributed by atoms with E-state index in [1.807, 2.05) is 6.07 Å². The van der Waals surface area contributed by atoms with Gasteiger partial charge in [-0.15, -0.1) is 0 Å². The Balaban J connectivity index is 1.93. The molecule has 90 valence electrons. The Morgan fingerprint density at radius 1 is 1.35 bits per heavy atom. The van der Waals surface area contributed by atoms with Gasteiger partial charge in [0.05, 0.1) is 23.0 Å². The zero-order chi connectivity index (χ0) is 11.8. The molecule has 0 amide bonds. The van der Waals surface area contributed by atoms with Gasteiger partial charge in [0.1, 0.15) is 0 Å². The highest BCUT2D eigenvalue weighted by atomic mass is 16.6. The van der Waals surface area contributed by atoms with Gasteiger partial charge in [-0.3, -0.25) is 10.1 Å². The number of hydrogen-bond acceptors (Lipinski definition) is 4. The maximum atomic E-state index is 10.8. The summed E-state index contributed by atoms with van der Waals surface area (Å²) in [7, 11) is 0. The van der Waals surface area contributed by atoms with Crippen LogP contribution in [0.4, 0.5) is 17.1 Å². The van der Waals surface area contributed by atoms with Gasteiger partial charge in [0.2, 0.25) is 0 Å². The molecule has 5 heteroatoms. The molecule has 0 unspecified atom stereocenters. The van der Waals surface area contributed by atoms with Gasteiger partial charge in [0, 0.05) is 18.2 Å². The first kappa shape index (κ1) is 10.4. The van der Waals surface area contributed by atoms with Gasteiger partial charge in [-0.2, -0.15) is 0 Å². The predicted octanol–water partition coefficient (Wildman–Crippen LogP) is 2.73. The van der Waals surface area contributed by atoms with Crippen molar-refractivity contribution in [1.29, 1.82) is 0 Å². The van der Waals surface area contributed by atoms with Gasteiger partial charge in [0.25, 0.3) is 5.69 Å². The third kappa shape index (κ3) is 1.71. The minimum atomic E-state index is -0.328. The minimum absolute atomic E-state index is 0.176. The second kappa shape index (κ2) is 3.91. The fourth-order valence-corrected chi connectivity index (χ4v) is 2.82. The summed E-state index contributed by atoms with van der Waals surface area (Å²) >= 11 is 0. The van der Waals surface area contributed by atoms with Crippen LogP contribution in [0.1, 0.15) is 25.7 Å². The molecule has 1 saturated carbocycles. The van der Waals surface area contributed by atoms with Crippen molar-refractivity contribution >= 4 is 17.1 Å². The number of nitro benzene ring substituents is 1. The number of anilines is 2. The first-order chi connectivity index (χ1) is 8.25. The molecule has 17 heavy (non-hydrogen) atoms. The summed E-state index contributed by atoms with van der Waals surface area (Å²) < 4.78 is 0. The molecule has 3 rings (SSSR count). The third-order valence-corrected chi connectivity index (χ3v) is 3.71. The number of fused-ring (bicyclic) bond motifs is 1. The van der Waals surface area contributed by atoms with Crippen LogP contribution < -0.4 is 10.2 Å². The van der Waals surface area contributed by atoms with Crippen LogP contribution in [0, 0.1) is 10.1 Å². The van der Waals surface area contributed by atoms with Crippen LogP contribution in [0.15, 0.2) is 18.2 Å². The van der Waals surface area contributed by atoms with Gasteiger partial charge in [-0.05, 0) is 18.9 Å². The Hall–Kier alpha value is -1.78. The van der Waals surface area contributed by atoms with Crippen molar-refractivity contribution in [2.24, 2.45) is 0 Å². The lowest BCUT2D eigenvalue weighted by Gasteiger charge is -2.25. The van der Waals surface area contributed by atoms with Crippen LogP contribution in [0.2, 0.25) is 0 Å². The van der Waals surface area contributed by atoms with Crippen molar-refractivity contribution in [2.45, 2.75) is 31.7 Å².